The molecular weight excluding hydrogens is 278 g/mol. The third-order valence-corrected chi connectivity index (χ3v) is 3.41. The van der Waals surface area contributed by atoms with Crippen LogP contribution in [0.1, 0.15) is 33.1 Å². The summed E-state index contributed by atoms with van der Waals surface area (Å²) in [6.07, 6.45) is 1.43. The fourth-order valence-electron chi connectivity index (χ4n) is 2.34. The molecule has 0 aromatic heterocycles. The van der Waals surface area contributed by atoms with E-state index in [1.165, 1.54) is 7.11 Å². The summed E-state index contributed by atoms with van der Waals surface area (Å²) in [4.78, 5) is 36.8. The van der Waals surface area contributed by atoms with Crippen LogP contribution in [0.4, 0.5) is 0 Å². The summed E-state index contributed by atoms with van der Waals surface area (Å²) in [7, 11) is 2.56. The molecule has 0 aromatic carbocycles. The number of aliphatic hydroxyl groups excluding tert-OH is 1. The molecule has 1 aliphatic rings. The Morgan fingerprint density at radius 2 is 2.00 bits per heavy atom. The van der Waals surface area contributed by atoms with Gasteiger partial charge in [-0.1, -0.05) is 13.3 Å². The summed E-state index contributed by atoms with van der Waals surface area (Å²) < 4.78 is 9.87. The second-order valence-corrected chi connectivity index (χ2v) is 4.79. The van der Waals surface area contributed by atoms with Crippen LogP contribution in [0.3, 0.4) is 0 Å². The maximum Gasteiger partial charge on any atom is 0.336 e. The van der Waals surface area contributed by atoms with E-state index in [2.05, 4.69) is 4.74 Å². The molecule has 1 rings (SSSR count). The molecule has 0 saturated carbocycles. The number of amides is 1. The Morgan fingerprint density at radius 3 is 2.43 bits per heavy atom. The summed E-state index contributed by atoms with van der Waals surface area (Å²) in [5.74, 6) is -2.69. The lowest BCUT2D eigenvalue weighted by Gasteiger charge is -2.31. The molecular formula is C14H21NO6. The minimum Gasteiger partial charge on any atom is -0.508 e. The number of Topliss-reactive ketones (excluding diaryl/α,β-unsaturated/α-hetero) is 1. The standard InChI is InChI=1S/C14H21NO6/c1-5-6-7-9(20-3)15-11(14(19)21-4)12(17)10(8(2)16)13(15)18/h9,11,17H,5-7H2,1-4H3. The van der Waals surface area contributed by atoms with Crippen molar-refractivity contribution in [3.63, 3.8) is 0 Å². The zero-order chi connectivity index (χ0) is 16.2. The topological polar surface area (TPSA) is 93.1 Å². The highest BCUT2D eigenvalue weighted by atomic mass is 16.5. The van der Waals surface area contributed by atoms with Crippen molar-refractivity contribution in [2.45, 2.75) is 45.4 Å². The van der Waals surface area contributed by atoms with Gasteiger partial charge in [0, 0.05) is 7.11 Å². The van der Waals surface area contributed by atoms with Crippen molar-refractivity contribution in [1.29, 1.82) is 0 Å². The molecule has 0 bridgehead atoms. The van der Waals surface area contributed by atoms with Crippen LogP contribution in [0.15, 0.2) is 11.3 Å². The number of hydrogen-bond donors (Lipinski definition) is 1. The fraction of sp³-hybridized carbons (Fsp3) is 0.643. The van der Waals surface area contributed by atoms with E-state index in [-0.39, 0.29) is 5.57 Å². The van der Waals surface area contributed by atoms with Crippen molar-refractivity contribution in [2.24, 2.45) is 0 Å². The highest BCUT2D eigenvalue weighted by Gasteiger charge is 2.49. The van der Waals surface area contributed by atoms with Crippen molar-refractivity contribution in [3.05, 3.63) is 11.3 Å². The number of ketones is 1. The lowest BCUT2D eigenvalue weighted by Crippen LogP contribution is -2.49. The Hall–Kier alpha value is -1.89. The van der Waals surface area contributed by atoms with Crippen LogP contribution < -0.4 is 0 Å². The van der Waals surface area contributed by atoms with E-state index in [9.17, 15) is 19.5 Å². The third kappa shape index (κ3) is 3.24. The summed E-state index contributed by atoms with van der Waals surface area (Å²) in [6, 6.07) is -1.33. The van der Waals surface area contributed by atoms with Gasteiger partial charge in [-0.25, -0.2) is 4.79 Å². The molecule has 0 spiro atoms. The fourth-order valence-corrected chi connectivity index (χ4v) is 2.34. The Morgan fingerprint density at radius 1 is 1.38 bits per heavy atom. The van der Waals surface area contributed by atoms with Crippen LogP contribution in [0.2, 0.25) is 0 Å². The van der Waals surface area contributed by atoms with Crippen LogP contribution in [-0.4, -0.2) is 54.2 Å². The van der Waals surface area contributed by atoms with Crippen LogP contribution in [0, 0.1) is 0 Å². The monoisotopic (exact) mass is 299 g/mol. The van der Waals surface area contributed by atoms with E-state index in [1.54, 1.807) is 0 Å². The summed E-state index contributed by atoms with van der Waals surface area (Å²) in [5.41, 5.74) is -0.385. The molecule has 1 amide bonds. The minimum absolute atomic E-state index is 0.385. The van der Waals surface area contributed by atoms with Gasteiger partial charge in [0.2, 0.25) is 0 Å². The molecule has 2 unspecified atom stereocenters. The number of ether oxygens (including phenoxy) is 2. The largest absolute Gasteiger partial charge is 0.508 e. The van der Waals surface area contributed by atoms with Gasteiger partial charge in [0.1, 0.15) is 17.6 Å². The molecule has 2 atom stereocenters. The number of rotatable bonds is 7. The quantitative estimate of drug-likeness (QED) is 0.555. The number of nitrogens with zero attached hydrogens (tertiary/aromatic N) is 1. The van der Waals surface area contributed by atoms with Gasteiger partial charge < -0.3 is 14.6 Å². The molecule has 0 saturated heterocycles. The van der Waals surface area contributed by atoms with Gasteiger partial charge in [-0.2, -0.15) is 0 Å². The molecule has 118 valence electrons. The van der Waals surface area contributed by atoms with Gasteiger partial charge in [0.25, 0.3) is 5.91 Å². The van der Waals surface area contributed by atoms with Crippen LogP contribution >= 0.6 is 0 Å². The Labute approximate surface area is 123 Å². The second-order valence-electron chi connectivity index (χ2n) is 4.79. The summed E-state index contributed by atoms with van der Waals surface area (Å²) >= 11 is 0. The normalized spacial score (nSPS) is 19.9. The molecule has 1 aliphatic heterocycles. The van der Waals surface area contributed by atoms with Crippen molar-refractivity contribution in [1.82, 2.24) is 4.90 Å². The van der Waals surface area contributed by atoms with Gasteiger partial charge in [-0.3, -0.25) is 14.5 Å². The number of carbonyl (C=O) groups is 3. The molecule has 7 heteroatoms. The molecule has 0 radical (unpaired) electrons. The van der Waals surface area contributed by atoms with E-state index >= 15 is 0 Å². The first-order valence-corrected chi connectivity index (χ1v) is 6.78. The van der Waals surface area contributed by atoms with Crippen LogP contribution in [0.5, 0.6) is 0 Å². The predicted octanol–water partition coefficient (Wildman–Crippen LogP) is 0.934. The number of methoxy groups -OCH3 is 2. The first-order chi connectivity index (χ1) is 9.90. The van der Waals surface area contributed by atoms with E-state index < -0.39 is 35.7 Å². The maximum atomic E-state index is 12.4. The number of unbranched alkanes of at least 4 members (excludes halogenated alkanes) is 1. The van der Waals surface area contributed by atoms with E-state index in [4.69, 9.17) is 4.74 Å². The van der Waals surface area contributed by atoms with Crippen molar-refractivity contribution in [2.75, 3.05) is 14.2 Å². The average molecular weight is 299 g/mol. The first kappa shape index (κ1) is 17.2. The molecule has 1 heterocycles. The molecule has 0 aromatic rings. The lowest BCUT2D eigenvalue weighted by atomic mass is 10.1. The van der Waals surface area contributed by atoms with Gasteiger partial charge in [0.15, 0.2) is 11.8 Å². The van der Waals surface area contributed by atoms with Gasteiger partial charge in [-0.05, 0) is 19.8 Å². The molecule has 0 aliphatic carbocycles. The SMILES string of the molecule is CCCCC(OC)N1C(=O)C(C(C)=O)=C(O)C1C(=O)OC. The number of esters is 1. The molecule has 1 N–H and O–H groups in total. The maximum absolute atomic E-state index is 12.4. The highest BCUT2D eigenvalue weighted by Crippen LogP contribution is 2.29. The lowest BCUT2D eigenvalue weighted by molar-refractivity contribution is -0.159. The summed E-state index contributed by atoms with van der Waals surface area (Å²) in [6.45, 7) is 3.14. The number of aliphatic hydroxyl groups is 1. The van der Waals surface area contributed by atoms with Gasteiger partial charge >= 0.3 is 5.97 Å². The van der Waals surface area contributed by atoms with Crippen LogP contribution in [0.25, 0.3) is 0 Å². The summed E-state index contributed by atoms with van der Waals surface area (Å²) in [5, 5.41) is 10.1. The van der Waals surface area contributed by atoms with Crippen LogP contribution in [-0.2, 0) is 23.9 Å². The number of hydrogen-bond acceptors (Lipinski definition) is 6. The Balaban J connectivity index is 3.20. The predicted molar refractivity (Wildman–Crippen MR) is 73.3 cm³/mol. The third-order valence-electron chi connectivity index (χ3n) is 3.41. The van der Waals surface area contributed by atoms with Crippen molar-refractivity contribution in [3.8, 4) is 0 Å². The van der Waals surface area contributed by atoms with Crippen molar-refractivity contribution < 1.29 is 29.0 Å². The van der Waals surface area contributed by atoms with E-state index in [0.29, 0.717) is 6.42 Å². The van der Waals surface area contributed by atoms with E-state index in [0.717, 1.165) is 31.8 Å². The zero-order valence-electron chi connectivity index (χ0n) is 12.7. The Bertz CT molecular complexity index is 470. The van der Waals surface area contributed by atoms with Gasteiger partial charge in [-0.15, -0.1) is 0 Å². The molecule has 7 nitrogen and oxygen atoms in total. The Kier molecular flexibility index (Phi) is 5.90. The molecule has 21 heavy (non-hydrogen) atoms. The minimum atomic E-state index is -1.33. The first-order valence-electron chi connectivity index (χ1n) is 6.78. The molecule has 0 fully saturated rings. The smallest absolute Gasteiger partial charge is 0.336 e. The van der Waals surface area contributed by atoms with Gasteiger partial charge in [0.05, 0.1) is 7.11 Å². The van der Waals surface area contributed by atoms with E-state index in [1.807, 2.05) is 6.92 Å². The second kappa shape index (κ2) is 7.21. The van der Waals surface area contributed by atoms with Crippen molar-refractivity contribution >= 4 is 17.7 Å². The highest BCUT2D eigenvalue weighted by molar-refractivity contribution is 6.22. The zero-order valence-corrected chi connectivity index (χ0v) is 12.7. The number of carbonyl (C=O) groups excluding carboxylic acids is 3. The average Bonchev–Trinajstić information content (AvgIpc) is 2.70.